The fourth-order valence-corrected chi connectivity index (χ4v) is 1.70. The average molecular weight is 255 g/mol. The van der Waals surface area contributed by atoms with Crippen LogP contribution in [0.5, 0.6) is 0 Å². The van der Waals surface area contributed by atoms with Gasteiger partial charge in [0.2, 0.25) is 0 Å². The third-order valence-corrected chi connectivity index (χ3v) is 3.09. The molecule has 1 unspecified atom stereocenters. The van der Waals surface area contributed by atoms with Gasteiger partial charge in [0.15, 0.2) is 0 Å². The van der Waals surface area contributed by atoms with E-state index >= 15 is 0 Å². The maximum Gasteiger partial charge on any atom is 0.337 e. The van der Waals surface area contributed by atoms with Crippen molar-refractivity contribution in [2.45, 2.75) is 32.2 Å². The molecule has 0 radical (unpaired) electrons. The van der Waals surface area contributed by atoms with Crippen LogP contribution in [0.3, 0.4) is 0 Å². The number of hydrogen-bond donors (Lipinski definition) is 3. The molecule has 0 bridgehead atoms. The molecule has 5 heteroatoms. The van der Waals surface area contributed by atoms with E-state index in [1.165, 1.54) is 12.1 Å². The lowest BCUT2D eigenvalue weighted by Crippen LogP contribution is -2.35. The highest BCUT2D eigenvalue weighted by molar-refractivity contribution is 5.94. The zero-order valence-electron chi connectivity index (χ0n) is 10.5. The minimum absolute atomic E-state index is 0.000932. The van der Waals surface area contributed by atoms with Crippen LogP contribution in [-0.2, 0) is 0 Å². The summed E-state index contributed by atoms with van der Waals surface area (Å²) in [6.07, 6.45) is 1.20. The SMILES string of the molecule is CCC(C)(CCO)Nc1ccc(F)cc1C(=O)O. The Balaban J connectivity index is 3.06. The summed E-state index contributed by atoms with van der Waals surface area (Å²) in [5.74, 6) is -1.77. The van der Waals surface area contributed by atoms with Crippen LogP contribution >= 0.6 is 0 Å². The lowest BCUT2D eigenvalue weighted by Gasteiger charge is -2.31. The largest absolute Gasteiger partial charge is 0.478 e. The second-order valence-corrected chi connectivity index (χ2v) is 4.51. The summed E-state index contributed by atoms with van der Waals surface area (Å²) >= 11 is 0. The van der Waals surface area contributed by atoms with E-state index in [1.807, 2.05) is 13.8 Å². The van der Waals surface area contributed by atoms with Gasteiger partial charge in [-0.05, 0) is 38.0 Å². The van der Waals surface area contributed by atoms with Crippen molar-refractivity contribution in [2.24, 2.45) is 0 Å². The number of carbonyl (C=O) groups is 1. The molecule has 0 aliphatic carbocycles. The van der Waals surface area contributed by atoms with Gasteiger partial charge in [-0.3, -0.25) is 0 Å². The van der Waals surface area contributed by atoms with Crippen molar-refractivity contribution in [1.82, 2.24) is 0 Å². The number of anilines is 1. The summed E-state index contributed by atoms with van der Waals surface area (Å²) in [4.78, 5) is 11.0. The number of hydrogen-bond acceptors (Lipinski definition) is 3. The van der Waals surface area contributed by atoms with E-state index in [9.17, 15) is 9.18 Å². The summed E-state index contributed by atoms with van der Waals surface area (Å²) in [5, 5.41) is 21.1. The summed E-state index contributed by atoms with van der Waals surface area (Å²) in [5.41, 5.74) is -0.161. The molecule has 100 valence electrons. The first-order valence-electron chi connectivity index (χ1n) is 5.84. The van der Waals surface area contributed by atoms with Gasteiger partial charge in [-0.25, -0.2) is 9.18 Å². The first-order valence-corrected chi connectivity index (χ1v) is 5.84. The number of carboxylic acids is 1. The number of halogens is 1. The zero-order valence-corrected chi connectivity index (χ0v) is 10.5. The summed E-state index contributed by atoms with van der Waals surface area (Å²) in [6.45, 7) is 3.83. The molecule has 0 saturated heterocycles. The van der Waals surface area contributed by atoms with Gasteiger partial charge < -0.3 is 15.5 Å². The lowest BCUT2D eigenvalue weighted by atomic mass is 9.94. The highest BCUT2D eigenvalue weighted by atomic mass is 19.1. The van der Waals surface area contributed by atoms with Gasteiger partial charge in [0.1, 0.15) is 5.82 Å². The summed E-state index contributed by atoms with van der Waals surface area (Å²) < 4.78 is 13.0. The van der Waals surface area contributed by atoms with Crippen LogP contribution in [0.2, 0.25) is 0 Å². The van der Waals surface area contributed by atoms with Crippen molar-refractivity contribution in [2.75, 3.05) is 11.9 Å². The molecular weight excluding hydrogens is 237 g/mol. The molecule has 0 saturated carbocycles. The molecule has 0 amide bonds. The second kappa shape index (κ2) is 5.82. The molecule has 18 heavy (non-hydrogen) atoms. The van der Waals surface area contributed by atoms with Gasteiger partial charge >= 0.3 is 5.97 Å². The Morgan fingerprint density at radius 2 is 2.17 bits per heavy atom. The second-order valence-electron chi connectivity index (χ2n) is 4.51. The third-order valence-electron chi connectivity index (χ3n) is 3.09. The minimum Gasteiger partial charge on any atom is -0.478 e. The number of aromatic carboxylic acids is 1. The molecule has 0 aromatic heterocycles. The number of carboxylic acid groups (broad SMARTS) is 1. The topological polar surface area (TPSA) is 69.6 Å². The van der Waals surface area contributed by atoms with E-state index < -0.39 is 17.3 Å². The van der Waals surface area contributed by atoms with Crippen LogP contribution in [0.15, 0.2) is 18.2 Å². The van der Waals surface area contributed by atoms with Gasteiger partial charge in [0.25, 0.3) is 0 Å². The molecule has 1 aromatic carbocycles. The van der Waals surface area contributed by atoms with E-state index in [1.54, 1.807) is 0 Å². The van der Waals surface area contributed by atoms with E-state index in [0.29, 0.717) is 18.5 Å². The molecule has 0 heterocycles. The Hall–Kier alpha value is -1.62. The van der Waals surface area contributed by atoms with Crippen LogP contribution in [0.4, 0.5) is 10.1 Å². The fraction of sp³-hybridized carbons (Fsp3) is 0.462. The Kier molecular flexibility index (Phi) is 4.67. The van der Waals surface area contributed by atoms with Crippen LogP contribution in [0.25, 0.3) is 0 Å². The van der Waals surface area contributed by atoms with E-state index in [-0.39, 0.29) is 12.2 Å². The Morgan fingerprint density at radius 3 is 2.67 bits per heavy atom. The van der Waals surface area contributed by atoms with Crippen molar-refractivity contribution in [3.8, 4) is 0 Å². The van der Waals surface area contributed by atoms with Crippen molar-refractivity contribution >= 4 is 11.7 Å². The quantitative estimate of drug-likeness (QED) is 0.730. The molecule has 1 atom stereocenters. The predicted octanol–water partition coefficient (Wildman–Crippen LogP) is 2.49. The lowest BCUT2D eigenvalue weighted by molar-refractivity contribution is 0.0697. The van der Waals surface area contributed by atoms with Crippen molar-refractivity contribution in [3.05, 3.63) is 29.6 Å². The zero-order chi connectivity index (χ0) is 13.8. The van der Waals surface area contributed by atoms with Crippen LogP contribution in [-0.4, -0.2) is 28.3 Å². The van der Waals surface area contributed by atoms with Gasteiger partial charge in [-0.1, -0.05) is 6.92 Å². The maximum atomic E-state index is 13.0. The molecule has 1 rings (SSSR count). The van der Waals surface area contributed by atoms with E-state index in [4.69, 9.17) is 10.2 Å². The first-order chi connectivity index (χ1) is 8.41. The minimum atomic E-state index is -1.18. The first kappa shape index (κ1) is 14.4. The van der Waals surface area contributed by atoms with Crippen LogP contribution < -0.4 is 5.32 Å². The Morgan fingerprint density at radius 1 is 1.50 bits per heavy atom. The highest BCUT2D eigenvalue weighted by Crippen LogP contribution is 2.25. The molecule has 0 aliphatic heterocycles. The average Bonchev–Trinajstić information content (AvgIpc) is 2.31. The third kappa shape index (κ3) is 3.43. The Bertz CT molecular complexity index is 436. The van der Waals surface area contributed by atoms with Crippen molar-refractivity contribution in [3.63, 3.8) is 0 Å². The Labute approximate surface area is 105 Å². The predicted molar refractivity (Wildman–Crippen MR) is 67.4 cm³/mol. The number of rotatable bonds is 6. The van der Waals surface area contributed by atoms with Gasteiger partial charge in [0, 0.05) is 17.8 Å². The van der Waals surface area contributed by atoms with E-state index in [0.717, 1.165) is 6.07 Å². The van der Waals surface area contributed by atoms with Crippen LogP contribution in [0.1, 0.15) is 37.0 Å². The highest BCUT2D eigenvalue weighted by Gasteiger charge is 2.23. The number of aliphatic hydroxyl groups is 1. The molecule has 4 nitrogen and oxygen atoms in total. The van der Waals surface area contributed by atoms with Crippen LogP contribution in [0, 0.1) is 5.82 Å². The van der Waals surface area contributed by atoms with Crippen molar-refractivity contribution in [1.29, 1.82) is 0 Å². The standard InChI is InChI=1S/C13H18FNO3/c1-3-13(2,6-7-16)15-11-5-4-9(14)8-10(11)12(17)18/h4-5,8,15-16H,3,6-7H2,1-2H3,(H,17,18). The number of aliphatic hydroxyl groups excluding tert-OH is 1. The molecule has 0 fully saturated rings. The molecule has 0 spiro atoms. The van der Waals surface area contributed by atoms with Gasteiger partial charge in [0.05, 0.1) is 5.56 Å². The molecule has 0 aliphatic rings. The summed E-state index contributed by atoms with van der Waals surface area (Å²) in [7, 11) is 0. The van der Waals surface area contributed by atoms with E-state index in [2.05, 4.69) is 5.32 Å². The monoisotopic (exact) mass is 255 g/mol. The normalized spacial score (nSPS) is 14.0. The number of benzene rings is 1. The molecule has 1 aromatic rings. The van der Waals surface area contributed by atoms with Gasteiger partial charge in [-0.2, -0.15) is 0 Å². The summed E-state index contributed by atoms with van der Waals surface area (Å²) in [6, 6.07) is 3.60. The number of nitrogens with one attached hydrogen (secondary N) is 1. The van der Waals surface area contributed by atoms with Crippen molar-refractivity contribution < 1.29 is 19.4 Å². The maximum absolute atomic E-state index is 13.0. The smallest absolute Gasteiger partial charge is 0.337 e. The molecular formula is C13H18FNO3. The fourth-order valence-electron chi connectivity index (χ4n) is 1.70. The van der Waals surface area contributed by atoms with Gasteiger partial charge in [-0.15, -0.1) is 0 Å². The molecule has 3 N–H and O–H groups in total.